The minimum Gasteiger partial charge on any atom is -0.463 e. The third-order valence-electron chi connectivity index (χ3n) is 10.6. The Morgan fingerprint density at radius 3 is 1.27 bits per heavy atom. The van der Waals surface area contributed by atoms with E-state index < -0.39 is 20.5 Å². The maximum absolute atomic E-state index is 11.9. The van der Waals surface area contributed by atoms with Crippen LogP contribution in [-0.4, -0.2) is 48.4 Å². The lowest BCUT2D eigenvalue weighted by Gasteiger charge is -2.15. The average Bonchev–Trinajstić information content (AvgIpc) is 3.19. The van der Waals surface area contributed by atoms with Crippen molar-refractivity contribution in [2.24, 2.45) is 5.73 Å². The van der Waals surface area contributed by atoms with Gasteiger partial charge in [0.2, 0.25) is 0 Å². The van der Waals surface area contributed by atoms with Crippen LogP contribution in [0, 0.1) is 0 Å². The molecule has 2 unspecified atom stereocenters. The highest BCUT2D eigenvalue weighted by Crippen LogP contribution is 2.42. The van der Waals surface area contributed by atoms with Crippen molar-refractivity contribution in [3.63, 3.8) is 0 Å². The molecule has 332 valence electrons. The van der Waals surface area contributed by atoms with Gasteiger partial charge < -0.3 is 20.5 Å². The molecule has 9 heteroatoms. The topological polar surface area (TPSA) is 128 Å². The molecule has 0 saturated carbocycles. The lowest BCUT2D eigenvalue weighted by atomic mass is 10.0. The Balaban J connectivity index is 3.24. The molecule has 0 heterocycles. The quantitative estimate of drug-likeness (QED) is 0.0240. The molecule has 0 aliphatic carbocycles. The van der Waals surface area contributed by atoms with Crippen LogP contribution >= 0.6 is 7.82 Å². The molecule has 0 saturated heterocycles. The lowest BCUT2D eigenvalue weighted by Crippen LogP contribution is -2.23. The molecule has 0 amide bonds. The number of rotatable bonds is 46. The number of hydrogen-bond donors (Lipinski definition) is 3. The number of esters is 1. The van der Waals surface area contributed by atoms with Crippen LogP contribution in [0.25, 0.3) is 0 Å². The fraction of sp³-hybridized carbons (Fsp3) is 0.894. The number of carbonyl (C=O) groups is 1. The second-order valence-corrected chi connectivity index (χ2v) is 17.6. The summed E-state index contributed by atoms with van der Waals surface area (Å²) in [5.74, 6) is -0.379. The summed E-state index contributed by atoms with van der Waals surface area (Å²) in [6, 6.07) is 0. The SMILES string of the molecule is CCCCCCC/C=C\C/C=C\CCCCCCCCCCCCCCCCCCCCCCCCCCCCCC(=O)OCC(O)COP(=O)(O)OCCN. The Kier molecular flexibility index (Phi) is 44.3. The van der Waals surface area contributed by atoms with E-state index in [9.17, 15) is 19.4 Å². The zero-order valence-electron chi connectivity index (χ0n) is 36.6. The second kappa shape index (κ2) is 45.1. The fourth-order valence-corrected chi connectivity index (χ4v) is 7.79. The van der Waals surface area contributed by atoms with Gasteiger partial charge in [-0.25, -0.2) is 4.57 Å². The molecule has 0 rings (SSSR count). The number of aliphatic hydroxyl groups excluding tert-OH is 1. The summed E-state index contributed by atoms with van der Waals surface area (Å²) in [6.45, 7) is 1.48. The Hall–Kier alpha value is -1.02. The third kappa shape index (κ3) is 45.7. The Labute approximate surface area is 346 Å². The van der Waals surface area contributed by atoms with E-state index in [1.165, 1.54) is 199 Å². The van der Waals surface area contributed by atoms with E-state index in [1.54, 1.807) is 0 Å². The van der Waals surface area contributed by atoms with Crippen LogP contribution in [0.15, 0.2) is 24.3 Å². The van der Waals surface area contributed by atoms with Gasteiger partial charge in [0.1, 0.15) is 12.7 Å². The predicted octanol–water partition coefficient (Wildman–Crippen LogP) is 14.2. The van der Waals surface area contributed by atoms with Crippen molar-refractivity contribution in [1.82, 2.24) is 0 Å². The van der Waals surface area contributed by atoms with Crippen LogP contribution in [0.4, 0.5) is 0 Å². The van der Waals surface area contributed by atoms with Crippen molar-refractivity contribution in [1.29, 1.82) is 0 Å². The molecule has 0 aromatic carbocycles. The minimum absolute atomic E-state index is 0.0761. The van der Waals surface area contributed by atoms with E-state index in [-0.39, 0.29) is 25.7 Å². The fourth-order valence-electron chi connectivity index (χ4n) is 7.02. The molecule has 4 N–H and O–H groups in total. The van der Waals surface area contributed by atoms with Crippen molar-refractivity contribution >= 4 is 13.8 Å². The first-order valence-corrected chi connectivity index (χ1v) is 25.4. The van der Waals surface area contributed by atoms with E-state index >= 15 is 0 Å². The average molecular weight is 814 g/mol. The summed E-state index contributed by atoms with van der Waals surface area (Å²) in [5, 5.41) is 9.78. The maximum atomic E-state index is 11.9. The molecule has 0 aliphatic rings. The van der Waals surface area contributed by atoms with Crippen LogP contribution < -0.4 is 5.73 Å². The normalized spacial score (nSPS) is 13.6. The molecule has 56 heavy (non-hydrogen) atoms. The largest absolute Gasteiger partial charge is 0.472 e. The Bertz CT molecular complexity index is 915. The number of unbranched alkanes of at least 4 members (excludes halogenated alkanes) is 32. The van der Waals surface area contributed by atoms with Crippen molar-refractivity contribution in [3.8, 4) is 0 Å². The molecule has 8 nitrogen and oxygen atoms in total. The standard InChI is InChI=1S/C47H92NO7P/c1-2-3-4-5-6-7-8-9-10-11-12-13-14-15-16-17-18-19-20-21-22-23-24-25-26-27-28-29-30-31-32-33-34-35-36-37-38-39-40-41-47(50)53-44-46(49)45-55-56(51,52)54-43-42-48/h8-9,11-12,46,49H,2-7,10,13-45,48H2,1H3,(H,51,52)/b9-8-,12-11-. The van der Waals surface area contributed by atoms with Gasteiger partial charge in [0.05, 0.1) is 13.2 Å². The third-order valence-corrected chi connectivity index (χ3v) is 11.6. The van der Waals surface area contributed by atoms with Crippen LogP contribution in [0.3, 0.4) is 0 Å². The maximum Gasteiger partial charge on any atom is 0.472 e. The number of aliphatic hydroxyl groups is 1. The number of carbonyl (C=O) groups excluding carboxylic acids is 1. The highest BCUT2D eigenvalue weighted by molar-refractivity contribution is 7.47. The summed E-state index contributed by atoms with van der Waals surface area (Å²) in [7, 11) is -4.25. The zero-order valence-corrected chi connectivity index (χ0v) is 37.5. The van der Waals surface area contributed by atoms with Crippen molar-refractivity contribution in [3.05, 3.63) is 24.3 Å². The Morgan fingerprint density at radius 1 is 0.536 bits per heavy atom. The minimum atomic E-state index is -4.25. The zero-order chi connectivity index (χ0) is 40.9. The van der Waals surface area contributed by atoms with Gasteiger partial charge in [-0.2, -0.15) is 0 Å². The molecule has 0 bridgehead atoms. The van der Waals surface area contributed by atoms with Gasteiger partial charge in [0, 0.05) is 13.0 Å². The number of ether oxygens (including phenoxy) is 1. The van der Waals surface area contributed by atoms with Gasteiger partial charge in [-0.1, -0.05) is 217 Å². The van der Waals surface area contributed by atoms with E-state index in [4.69, 9.17) is 10.5 Å². The molecule has 0 radical (unpaired) electrons. The number of phosphoric ester groups is 1. The van der Waals surface area contributed by atoms with E-state index in [2.05, 4.69) is 40.3 Å². The van der Waals surface area contributed by atoms with Crippen LogP contribution in [0.2, 0.25) is 0 Å². The molecule has 0 aromatic rings. The first-order chi connectivity index (χ1) is 27.4. The highest BCUT2D eigenvalue weighted by atomic mass is 31.2. The smallest absolute Gasteiger partial charge is 0.463 e. The highest BCUT2D eigenvalue weighted by Gasteiger charge is 2.22. The number of phosphoric acid groups is 1. The lowest BCUT2D eigenvalue weighted by molar-refractivity contribution is -0.147. The van der Waals surface area contributed by atoms with Gasteiger partial charge in [-0.3, -0.25) is 13.8 Å². The van der Waals surface area contributed by atoms with Crippen molar-refractivity contribution in [2.45, 2.75) is 244 Å². The first kappa shape index (κ1) is 55.0. The first-order valence-electron chi connectivity index (χ1n) is 23.9. The summed E-state index contributed by atoms with van der Waals surface area (Å²) < 4.78 is 25.8. The van der Waals surface area contributed by atoms with Gasteiger partial charge in [0.15, 0.2) is 0 Å². The molecular weight excluding hydrogens is 721 g/mol. The Morgan fingerprint density at radius 2 is 0.893 bits per heavy atom. The summed E-state index contributed by atoms with van der Waals surface area (Å²) in [5.41, 5.74) is 5.21. The van der Waals surface area contributed by atoms with Crippen LogP contribution in [0.1, 0.15) is 238 Å². The number of nitrogens with two attached hydrogens (primary N) is 1. The van der Waals surface area contributed by atoms with E-state index in [0.717, 1.165) is 25.7 Å². The molecule has 0 fully saturated rings. The molecular formula is C47H92NO7P. The van der Waals surface area contributed by atoms with Gasteiger partial charge in [-0.05, 0) is 38.5 Å². The second-order valence-electron chi connectivity index (χ2n) is 16.2. The monoisotopic (exact) mass is 814 g/mol. The summed E-state index contributed by atoms with van der Waals surface area (Å²) >= 11 is 0. The molecule has 0 aliphatic heterocycles. The molecule has 0 spiro atoms. The summed E-state index contributed by atoms with van der Waals surface area (Å²) in [4.78, 5) is 21.3. The van der Waals surface area contributed by atoms with Crippen molar-refractivity contribution < 1.29 is 33.1 Å². The van der Waals surface area contributed by atoms with Gasteiger partial charge >= 0.3 is 13.8 Å². The van der Waals surface area contributed by atoms with Gasteiger partial charge in [0.25, 0.3) is 0 Å². The van der Waals surface area contributed by atoms with Crippen molar-refractivity contribution in [2.75, 3.05) is 26.4 Å². The number of allylic oxidation sites excluding steroid dienone is 4. The number of hydrogen-bond acceptors (Lipinski definition) is 7. The molecule has 0 aromatic heterocycles. The van der Waals surface area contributed by atoms with E-state index in [1.807, 2.05) is 0 Å². The van der Waals surface area contributed by atoms with Crippen LogP contribution in [-0.2, 0) is 23.1 Å². The molecule has 2 atom stereocenters. The summed E-state index contributed by atoms with van der Waals surface area (Å²) in [6.07, 6.45) is 55.4. The van der Waals surface area contributed by atoms with E-state index in [0.29, 0.717) is 6.42 Å². The predicted molar refractivity (Wildman–Crippen MR) is 238 cm³/mol. The van der Waals surface area contributed by atoms with Crippen LogP contribution in [0.5, 0.6) is 0 Å². The van der Waals surface area contributed by atoms with Gasteiger partial charge in [-0.15, -0.1) is 0 Å².